The predicted molar refractivity (Wildman–Crippen MR) is 104 cm³/mol. The molecule has 2 rings (SSSR count). The molecule has 0 bridgehead atoms. The van der Waals surface area contributed by atoms with Crippen LogP contribution in [0.15, 0.2) is 58.1 Å². The molecule has 0 saturated carbocycles. The van der Waals surface area contributed by atoms with Crippen LogP contribution in [0.2, 0.25) is 0 Å². The molecule has 0 unspecified atom stereocenters. The van der Waals surface area contributed by atoms with Crippen LogP contribution < -0.4 is 10.7 Å². The van der Waals surface area contributed by atoms with Gasteiger partial charge in [-0.3, -0.25) is 9.59 Å². The fourth-order valence-corrected chi connectivity index (χ4v) is 2.51. The molecule has 0 atom stereocenters. The van der Waals surface area contributed by atoms with Crippen molar-refractivity contribution in [1.82, 2.24) is 5.43 Å². The molecule has 0 aromatic heterocycles. The van der Waals surface area contributed by atoms with E-state index in [1.165, 1.54) is 5.56 Å². The SMILES string of the molecule is CCc1ccc(NC(=O)CCC(=O)N/N=C\c2cccc(Br)c2)cc1. The van der Waals surface area contributed by atoms with Crippen LogP contribution in [-0.4, -0.2) is 18.0 Å². The molecule has 2 amide bonds. The van der Waals surface area contributed by atoms with Crippen molar-refractivity contribution in [3.8, 4) is 0 Å². The van der Waals surface area contributed by atoms with Crippen LogP contribution in [0.5, 0.6) is 0 Å². The molecule has 0 saturated heterocycles. The van der Waals surface area contributed by atoms with Crippen molar-refractivity contribution in [2.45, 2.75) is 26.2 Å². The Morgan fingerprint density at radius 2 is 1.80 bits per heavy atom. The Kier molecular flexibility index (Phi) is 7.35. The lowest BCUT2D eigenvalue weighted by Crippen LogP contribution is -2.20. The van der Waals surface area contributed by atoms with Crippen LogP contribution in [-0.2, 0) is 16.0 Å². The summed E-state index contributed by atoms with van der Waals surface area (Å²) in [5.74, 6) is -0.502. The number of hydrazone groups is 1. The fourth-order valence-electron chi connectivity index (χ4n) is 2.10. The molecule has 2 aromatic carbocycles. The number of halogens is 1. The third kappa shape index (κ3) is 6.89. The van der Waals surface area contributed by atoms with Crippen LogP contribution in [0.25, 0.3) is 0 Å². The fraction of sp³-hybridized carbons (Fsp3) is 0.211. The summed E-state index contributed by atoms with van der Waals surface area (Å²) in [6, 6.07) is 15.2. The first kappa shape index (κ1) is 18.9. The van der Waals surface area contributed by atoms with Crippen LogP contribution in [0.3, 0.4) is 0 Å². The van der Waals surface area contributed by atoms with E-state index in [1.54, 1.807) is 6.21 Å². The summed E-state index contributed by atoms with van der Waals surface area (Å²) in [4.78, 5) is 23.6. The molecule has 25 heavy (non-hydrogen) atoms. The van der Waals surface area contributed by atoms with Gasteiger partial charge in [0.25, 0.3) is 0 Å². The lowest BCUT2D eigenvalue weighted by Gasteiger charge is -2.05. The average Bonchev–Trinajstić information content (AvgIpc) is 2.61. The maximum Gasteiger partial charge on any atom is 0.240 e. The van der Waals surface area contributed by atoms with E-state index < -0.39 is 0 Å². The van der Waals surface area contributed by atoms with Gasteiger partial charge in [0.2, 0.25) is 11.8 Å². The van der Waals surface area contributed by atoms with Gasteiger partial charge in [0.1, 0.15) is 0 Å². The van der Waals surface area contributed by atoms with Crippen molar-refractivity contribution in [3.63, 3.8) is 0 Å². The van der Waals surface area contributed by atoms with E-state index in [0.29, 0.717) is 0 Å². The first-order chi connectivity index (χ1) is 12.1. The zero-order valence-electron chi connectivity index (χ0n) is 14.0. The normalized spacial score (nSPS) is 10.6. The lowest BCUT2D eigenvalue weighted by atomic mass is 10.1. The van der Waals surface area contributed by atoms with Crippen molar-refractivity contribution < 1.29 is 9.59 Å². The Morgan fingerprint density at radius 1 is 1.08 bits per heavy atom. The molecule has 5 nitrogen and oxygen atoms in total. The Hall–Kier alpha value is -2.47. The number of carbonyl (C=O) groups excluding carboxylic acids is 2. The van der Waals surface area contributed by atoms with Gasteiger partial charge in [-0.05, 0) is 41.8 Å². The largest absolute Gasteiger partial charge is 0.326 e. The number of hydrogen-bond acceptors (Lipinski definition) is 3. The number of aryl methyl sites for hydroxylation is 1. The molecule has 0 heterocycles. The van der Waals surface area contributed by atoms with Gasteiger partial charge in [-0.2, -0.15) is 5.10 Å². The molecule has 0 aliphatic carbocycles. The summed E-state index contributed by atoms with van der Waals surface area (Å²) < 4.78 is 0.936. The van der Waals surface area contributed by atoms with E-state index in [-0.39, 0.29) is 24.7 Å². The van der Waals surface area contributed by atoms with E-state index >= 15 is 0 Å². The second kappa shape index (κ2) is 9.74. The Labute approximate surface area is 155 Å². The Balaban J connectivity index is 1.72. The highest BCUT2D eigenvalue weighted by molar-refractivity contribution is 9.10. The molecule has 0 fully saturated rings. The minimum atomic E-state index is -0.303. The van der Waals surface area contributed by atoms with Crippen molar-refractivity contribution in [2.24, 2.45) is 5.10 Å². The van der Waals surface area contributed by atoms with Gasteiger partial charge in [-0.25, -0.2) is 5.43 Å². The minimum Gasteiger partial charge on any atom is -0.326 e. The van der Waals surface area contributed by atoms with Crippen LogP contribution in [0.1, 0.15) is 30.9 Å². The monoisotopic (exact) mass is 401 g/mol. The summed E-state index contributed by atoms with van der Waals surface area (Å²) in [5.41, 5.74) is 5.22. The number of benzene rings is 2. The van der Waals surface area contributed by atoms with E-state index in [9.17, 15) is 9.59 Å². The number of carbonyl (C=O) groups is 2. The van der Waals surface area contributed by atoms with Crippen LogP contribution in [0, 0.1) is 0 Å². The molecule has 0 spiro atoms. The summed E-state index contributed by atoms with van der Waals surface area (Å²) in [6.07, 6.45) is 2.69. The average molecular weight is 402 g/mol. The maximum absolute atomic E-state index is 11.9. The standard InChI is InChI=1S/C19H20BrN3O2/c1-2-14-6-8-17(9-7-14)22-18(24)10-11-19(25)23-21-13-15-4-3-5-16(20)12-15/h3-9,12-13H,2,10-11H2,1H3,(H,22,24)(H,23,25)/b21-13-. The highest BCUT2D eigenvalue weighted by Crippen LogP contribution is 2.11. The van der Waals surface area contributed by atoms with Gasteiger partial charge < -0.3 is 5.32 Å². The van der Waals surface area contributed by atoms with Gasteiger partial charge >= 0.3 is 0 Å². The zero-order valence-corrected chi connectivity index (χ0v) is 15.5. The van der Waals surface area contributed by atoms with Gasteiger partial charge in [-0.15, -0.1) is 0 Å². The quantitative estimate of drug-likeness (QED) is 0.545. The molecule has 6 heteroatoms. The smallest absolute Gasteiger partial charge is 0.240 e. The molecule has 0 aliphatic rings. The van der Waals surface area contributed by atoms with Crippen molar-refractivity contribution in [1.29, 1.82) is 0 Å². The van der Waals surface area contributed by atoms with Crippen molar-refractivity contribution >= 4 is 39.6 Å². The van der Waals surface area contributed by atoms with E-state index in [2.05, 4.69) is 38.7 Å². The topological polar surface area (TPSA) is 70.6 Å². The Morgan fingerprint density at radius 3 is 2.48 bits per heavy atom. The molecule has 0 aliphatic heterocycles. The second-order valence-electron chi connectivity index (χ2n) is 5.45. The van der Waals surface area contributed by atoms with E-state index in [4.69, 9.17) is 0 Å². The van der Waals surface area contributed by atoms with Gasteiger partial charge in [0, 0.05) is 23.0 Å². The summed E-state index contributed by atoms with van der Waals surface area (Å²) >= 11 is 3.37. The van der Waals surface area contributed by atoms with Crippen LogP contribution in [0.4, 0.5) is 5.69 Å². The maximum atomic E-state index is 11.9. The third-order valence-corrected chi connectivity index (χ3v) is 3.97. The van der Waals surface area contributed by atoms with Crippen LogP contribution >= 0.6 is 15.9 Å². The molecule has 0 radical (unpaired) electrons. The molecular formula is C19H20BrN3O2. The minimum absolute atomic E-state index is 0.0781. The predicted octanol–water partition coefficient (Wildman–Crippen LogP) is 3.88. The molecule has 2 N–H and O–H groups in total. The lowest BCUT2D eigenvalue weighted by molar-refractivity contribution is -0.124. The molecule has 130 valence electrons. The highest BCUT2D eigenvalue weighted by Gasteiger charge is 2.06. The van der Waals surface area contributed by atoms with Gasteiger partial charge in [0.05, 0.1) is 6.21 Å². The number of nitrogens with one attached hydrogen (secondary N) is 2. The number of anilines is 1. The van der Waals surface area contributed by atoms with Crippen molar-refractivity contribution in [3.05, 3.63) is 64.1 Å². The summed E-state index contributed by atoms with van der Waals surface area (Å²) in [6.45, 7) is 2.07. The van der Waals surface area contributed by atoms with Gasteiger partial charge in [-0.1, -0.05) is 47.1 Å². The number of hydrogen-bond donors (Lipinski definition) is 2. The number of rotatable bonds is 7. The van der Waals surface area contributed by atoms with E-state index in [0.717, 1.165) is 22.1 Å². The molecular weight excluding hydrogens is 382 g/mol. The first-order valence-electron chi connectivity index (χ1n) is 8.03. The second-order valence-corrected chi connectivity index (χ2v) is 6.36. The molecule has 2 aromatic rings. The first-order valence-corrected chi connectivity index (χ1v) is 8.82. The number of nitrogens with zero attached hydrogens (tertiary/aromatic N) is 1. The third-order valence-electron chi connectivity index (χ3n) is 3.48. The van der Waals surface area contributed by atoms with Crippen molar-refractivity contribution in [2.75, 3.05) is 5.32 Å². The summed E-state index contributed by atoms with van der Waals surface area (Å²) in [7, 11) is 0. The zero-order chi connectivity index (χ0) is 18.1. The number of amides is 2. The van der Waals surface area contributed by atoms with Gasteiger partial charge in [0.15, 0.2) is 0 Å². The van der Waals surface area contributed by atoms with E-state index in [1.807, 2.05) is 48.5 Å². The highest BCUT2D eigenvalue weighted by atomic mass is 79.9. The Bertz CT molecular complexity index is 758. The summed E-state index contributed by atoms with van der Waals surface area (Å²) in [5, 5.41) is 6.66.